The maximum atomic E-state index is 12.9. The molecule has 0 aliphatic heterocycles. The summed E-state index contributed by atoms with van der Waals surface area (Å²) in [6, 6.07) is 0. The van der Waals surface area contributed by atoms with Gasteiger partial charge in [-0.25, -0.2) is 0 Å². The first kappa shape index (κ1) is 72.3. The molecule has 0 saturated carbocycles. The van der Waals surface area contributed by atoms with Gasteiger partial charge in [0, 0.05) is 19.3 Å². The zero-order valence-corrected chi connectivity index (χ0v) is 50.0. The average molecular weight is 1060 g/mol. The number of carbonyl (C=O) groups excluding carboxylic acids is 3. The Balaban J connectivity index is 4.36. The molecule has 0 aliphatic carbocycles. The molecule has 0 aromatic carbocycles. The predicted octanol–water partition coefficient (Wildman–Crippen LogP) is 22.0. The van der Waals surface area contributed by atoms with Crippen LogP contribution in [-0.2, 0) is 28.6 Å². The number of ether oxygens (including phenoxy) is 3. The quantitative estimate of drug-likeness (QED) is 0.0261. The summed E-state index contributed by atoms with van der Waals surface area (Å²) >= 11 is 0. The molecular formula is C70H120O6. The molecule has 1 unspecified atom stereocenters. The second-order valence-electron chi connectivity index (χ2n) is 21.3. The standard InChI is InChI=1S/C70H120O6/c1-4-7-10-13-16-19-22-25-28-31-32-33-34-35-36-37-38-40-42-45-48-51-54-57-60-63-69(72)75-66-67(65-74-68(71)62-59-56-53-50-47-44-41-30-27-24-21-18-15-12-9-6-3)76-70(73)64-61-58-55-52-49-46-43-39-29-26-23-20-17-14-11-8-5-2/h7-8,10-11,16-17,19-20,25-26,28-29,32-33,35-36,67H,4-6,9,12-15,18,21-24,27,30-31,34,37-66H2,1-3H3/b10-7-,11-8-,19-16-,20-17-,28-25-,29-26-,33-32-,36-35-. The summed E-state index contributed by atoms with van der Waals surface area (Å²) < 4.78 is 16.9. The van der Waals surface area contributed by atoms with E-state index in [0.717, 1.165) is 122 Å². The Kier molecular flexibility index (Phi) is 60.8. The van der Waals surface area contributed by atoms with E-state index < -0.39 is 6.10 Å². The van der Waals surface area contributed by atoms with Crippen LogP contribution in [0.25, 0.3) is 0 Å². The van der Waals surface area contributed by atoms with E-state index in [4.69, 9.17) is 14.2 Å². The Labute approximate surface area is 470 Å². The third kappa shape index (κ3) is 61.2. The second-order valence-corrected chi connectivity index (χ2v) is 21.3. The Hall–Kier alpha value is -3.67. The molecule has 0 saturated heterocycles. The molecule has 6 nitrogen and oxygen atoms in total. The van der Waals surface area contributed by atoms with E-state index in [1.807, 2.05) is 0 Å². The van der Waals surface area contributed by atoms with Crippen LogP contribution in [0, 0.1) is 0 Å². The van der Waals surface area contributed by atoms with E-state index in [1.54, 1.807) is 0 Å². The Morgan fingerprint density at radius 1 is 0.276 bits per heavy atom. The fourth-order valence-electron chi connectivity index (χ4n) is 9.07. The zero-order valence-electron chi connectivity index (χ0n) is 50.0. The summed E-state index contributed by atoms with van der Waals surface area (Å²) in [6.45, 7) is 6.44. The Bertz CT molecular complexity index is 1490. The SMILES string of the molecule is CC/C=C\C/C=C\C/C=C\C/C=C\C/C=C\CCCCCCCCCCCC(=O)OCC(COC(=O)CCCCCCCCCCCCCCCCCC)OC(=O)CCCCCCCCC/C=C\C/C=C\C/C=C\CC. The summed E-state index contributed by atoms with van der Waals surface area (Å²) in [5, 5.41) is 0. The van der Waals surface area contributed by atoms with Crippen molar-refractivity contribution < 1.29 is 28.6 Å². The summed E-state index contributed by atoms with van der Waals surface area (Å²) in [7, 11) is 0. The van der Waals surface area contributed by atoms with Crippen LogP contribution in [0.4, 0.5) is 0 Å². The topological polar surface area (TPSA) is 78.9 Å². The van der Waals surface area contributed by atoms with E-state index in [-0.39, 0.29) is 31.1 Å². The zero-order chi connectivity index (χ0) is 55.0. The summed E-state index contributed by atoms with van der Waals surface area (Å²) in [5.74, 6) is -0.884. The third-order valence-corrected chi connectivity index (χ3v) is 13.8. The third-order valence-electron chi connectivity index (χ3n) is 13.8. The van der Waals surface area contributed by atoms with Gasteiger partial charge in [-0.15, -0.1) is 0 Å². The van der Waals surface area contributed by atoms with Crippen molar-refractivity contribution >= 4 is 17.9 Å². The fraction of sp³-hybridized carbons (Fsp3) is 0.729. The monoisotopic (exact) mass is 1060 g/mol. The first-order valence-electron chi connectivity index (χ1n) is 32.2. The maximum absolute atomic E-state index is 12.9. The minimum absolute atomic E-state index is 0.0807. The van der Waals surface area contributed by atoms with E-state index >= 15 is 0 Å². The highest BCUT2D eigenvalue weighted by atomic mass is 16.6. The van der Waals surface area contributed by atoms with Gasteiger partial charge in [0.15, 0.2) is 6.10 Å². The van der Waals surface area contributed by atoms with Crippen molar-refractivity contribution in [2.45, 2.75) is 316 Å². The first-order valence-corrected chi connectivity index (χ1v) is 32.2. The highest BCUT2D eigenvalue weighted by Crippen LogP contribution is 2.17. The molecule has 0 N–H and O–H groups in total. The van der Waals surface area contributed by atoms with Gasteiger partial charge in [-0.2, -0.15) is 0 Å². The van der Waals surface area contributed by atoms with Crippen molar-refractivity contribution in [3.63, 3.8) is 0 Å². The second kappa shape index (κ2) is 63.9. The number of rotatable bonds is 58. The molecule has 6 heteroatoms. The number of unbranched alkanes of at least 4 members (excludes halogenated alkanes) is 31. The first-order chi connectivity index (χ1) is 37.5. The average Bonchev–Trinajstić information content (AvgIpc) is 3.42. The molecule has 0 fully saturated rings. The fourth-order valence-corrected chi connectivity index (χ4v) is 9.07. The number of allylic oxidation sites excluding steroid dienone is 16. The van der Waals surface area contributed by atoms with Crippen molar-refractivity contribution in [3.8, 4) is 0 Å². The minimum atomic E-state index is -0.786. The lowest BCUT2D eigenvalue weighted by molar-refractivity contribution is -0.167. The van der Waals surface area contributed by atoms with Crippen LogP contribution < -0.4 is 0 Å². The molecule has 0 aromatic rings. The minimum Gasteiger partial charge on any atom is -0.462 e. The van der Waals surface area contributed by atoms with E-state index in [2.05, 4.69) is 118 Å². The van der Waals surface area contributed by atoms with E-state index in [9.17, 15) is 14.4 Å². The Morgan fingerprint density at radius 2 is 0.513 bits per heavy atom. The van der Waals surface area contributed by atoms with Crippen molar-refractivity contribution in [2.75, 3.05) is 13.2 Å². The lowest BCUT2D eigenvalue weighted by atomic mass is 10.0. The van der Waals surface area contributed by atoms with Crippen molar-refractivity contribution in [1.82, 2.24) is 0 Å². The molecule has 76 heavy (non-hydrogen) atoms. The molecule has 0 aliphatic rings. The summed E-state index contributed by atoms with van der Waals surface area (Å²) in [4.78, 5) is 38.4. The molecule has 0 heterocycles. The number of hydrogen-bond donors (Lipinski definition) is 0. The predicted molar refractivity (Wildman–Crippen MR) is 330 cm³/mol. The van der Waals surface area contributed by atoms with Gasteiger partial charge >= 0.3 is 17.9 Å². The normalized spacial score (nSPS) is 12.7. The van der Waals surface area contributed by atoms with Gasteiger partial charge in [-0.3, -0.25) is 14.4 Å². The number of hydrogen-bond acceptors (Lipinski definition) is 6. The highest BCUT2D eigenvalue weighted by Gasteiger charge is 2.19. The van der Waals surface area contributed by atoms with Gasteiger partial charge in [0.1, 0.15) is 13.2 Å². The van der Waals surface area contributed by atoms with Crippen LogP contribution in [0.15, 0.2) is 97.2 Å². The molecule has 0 aromatic heterocycles. The maximum Gasteiger partial charge on any atom is 0.306 e. The van der Waals surface area contributed by atoms with Crippen LogP contribution in [0.1, 0.15) is 310 Å². The van der Waals surface area contributed by atoms with Crippen LogP contribution >= 0.6 is 0 Å². The number of esters is 3. The van der Waals surface area contributed by atoms with Crippen LogP contribution in [0.3, 0.4) is 0 Å². The van der Waals surface area contributed by atoms with Gasteiger partial charge in [0.25, 0.3) is 0 Å². The molecule has 0 amide bonds. The molecule has 0 spiro atoms. The van der Waals surface area contributed by atoms with Crippen LogP contribution in [-0.4, -0.2) is 37.2 Å². The van der Waals surface area contributed by atoms with Gasteiger partial charge < -0.3 is 14.2 Å². The lowest BCUT2D eigenvalue weighted by Crippen LogP contribution is -2.30. The van der Waals surface area contributed by atoms with Crippen molar-refractivity contribution in [2.24, 2.45) is 0 Å². The lowest BCUT2D eigenvalue weighted by Gasteiger charge is -2.18. The summed E-state index contributed by atoms with van der Waals surface area (Å²) in [5.41, 5.74) is 0. The molecular weight excluding hydrogens is 937 g/mol. The smallest absolute Gasteiger partial charge is 0.306 e. The van der Waals surface area contributed by atoms with Gasteiger partial charge in [0.2, 0.25) is 0 Å². The Morgan fingerprint density at radius 3 is 0.803 bits per heavy atom. The van der Waals surface area contributed by atoms with Crippen LogP contribution in [0.2, 0.25) is 0 Å². The van der Waals surface area contributed by atoms with E-state index in [0.29, 0.717) is 19.3 Å². The summed E-state index contributed by atoms with van der Waals surface area (Å²) in [6.07, 6.45) is 85.5. The van der Waals surface area contributed by atoms with Gasteiger partial charge in [0.05, 0.1) is 0 Å². The molecule has 0 bridgehead atoms. The molecule has 436 valence electrons. The molecule has 0 radical (unpaired) electrons. The van der Waals surface area contributed by atoms with Gasteiger partial charge in [-0.1, -0.05) is 291 Å². The molecule has 0 rings (SSSR count). The molecule has 1 atom stereocenters. The van der Waals surface area contributed by atoms with Gasteiger partial charge in [-0.05, 0) is 96.3 Å². The van der Waals surface area contributed by atoms with Crippen molar-refractivity contribution in [3.05, 3.63) is 97.2 Å². The van der Waals surface area contributed by atoms with E-state index in [1.165, 1.54) is 148 Å². The number of carbonyl (C=O) groups is 3. The van der Waals surface area contributed by atoms with Crippen LogP contribution in [0.5, 0.6) is 0 Å². The van der Waals surface area contributed by atoms with Crippen molar-refractivity contribution in [1.29, 1.82) is 0 Å². The largest absolute Gasteiger partial charge is 0.462 e. The highest BCUT2D eigenvalue weighted by molar-refractivity contribution is 5.71.